The fraction of sp³-hybridized carbons (Fsp3) is 0.217. The monoisotopic (exact) mass is 451 g/mol. The minimum absolute atomic E-state index is 0.0176. The summed E-state index contributed by atoms with van der Waals surface area (Å²) in [4.78, 5) is 39.7. The zero-order valence-corrected chi connectivity index (χ0v) is 18.1. The first-order valence-electron chi connectivity index (χ1n) is 9.99. The van der Waals surface area contributed by atoms with E-state index in [9.17, 15) is 14.4 Å². The van der Waals surface area contributed by atoms with Gasteiger partial charge in [0.25, 0.3) is 0 Å². The van der Waals surface area contributed by atoms with E-state index in [2.05, 4.69) is 27.8 Å². The predicted molar refractivity (Wildman–Crippen MR) is 119 cm³/mol. The molecule has 3 N–H and O–H groups in total. The standard InChI is InChI=1S/C23H21N3O5S/c1-13-21(22(28)29)26-20(32-13)11-24-19(27)10-25-23(30)31-12-18-16-8-4-2-6-14(16)15-7-3-5-9-17(15)18/h2-9,18H,10-12H2,1H3,(H,24,27)(H,25,30)(H,28,29). The van der Waals surface area contributed by atoms with Gasteiger partial charge in [0.05, 0.1) is 6.54 Å². The molecule has 0 spiro atoms. The summed E-state index contributed by atoms with van der Waals surface area (Å²) in [6.45, 7) is 1.65. The average Bonchev–Trinajstić information content (AvgIpc) is 3.32. The number of aromatic carboxylic acids is 1. The molecule has 9 heteroatoms. The van der Waals surface area contributed by atoms with E-state index < -0.39 is 18.0 Å². The third-order valence-corrected chi connectivity index (χ3v) is 6.19. The Morgan fingerprint density at radius 3 is 2.25 bits per heavy atom. The average molecular weight is 452 g/mol. The van der Waals surface area contributed by atoms with Gasteiger partial charge in [0, 0.05) is 10.8 Å². The Labute approximate surface area is 188 Å². The van der Waals surface area contributed by atoms with Crippen LogP contribution in [0.1, 0.15) is 37.4 Å². The van der Waals surface area contributed by atoms with Crippen LogP contribution in [0.25, 0.3) is 11.1 Å². The molecule has 2 amide bonds. The highest BCUT2D eigenvalue weighted by molar-refractivity contribution is 7.11. The number of hydrogen-bond donors (Lipinski definition) is 3. The SMILES string of the molecule is Cc1sc(CNC(=O)CNC(=O)OCC2c3ccccc3-c3ccccc32)nc1C(=O)O. The lowest BCUT2D eigenvalue weighted by atomic mass is 9.98. The van der Waals surface area contributed by atoms with Crippen molar-refractivity contribution in [2.45, 2.75) is 19.4 Å². The van der Waals surface area contributed by atoms with Crippen LogP contribution in [-0.4, -0.2) is 41.2 Å². The highest BCUT2D eigenvalue weighted by Gasteiger charge is 2.29. The van der Waals surface area contributed by atoms with E-state index in [-0.39, 0.29) is 31.3 Å². The molecule has 1 aliphatic rings. The Kier molecular flexibility index (Phi) is 6.18. The van der Waals surface area contributed by atoms with Crippen molar-refractivity contribution >= 4 is 29.3 Å². The van der Waals surface area contributed by atoms with Crippen LogP contribution < -0.4 is 10.6 Å². The second kappa shape index (κ2) is 9.19. The summed E-state index contributed by atoms with van der Waals surface area (Å²) in [5.74, 6) is -1.59. The lowest BCUT2D eigenvalue weighted by Crippen LogP contribution is -2.37. The van der Waals surface area contributed by atoms with Crippen LogP contribution in [-0.2, 0) is 16.1 Å². The van der Waals surface area contributed by atoms with Crippen molar-refractivity contribution in [2.24, 2.45) is 0 Å². The van der Waals surface area contributed by atoms with E-state index >= 15 is 0 Å². The summed E-state index contributed by atoms with van der Waals surface area (Å²) in [6, 6.07) is 16.1. The molecule has 0 atom stereocenters. The number of carboxylic acid groups (broad SMARTS) is 1. The van der Waals surface area contributed by atoms with Crippen molar-refractivity contribution in [3.8, 4) is 11.1 Å². The predicted octanol–water partition coefficient (Wildman–Crippen LogP) is 3.30. The first-order valence-corrected chi connectivity index (χ1v) is 10.8. The smallest absolute Gasteiger partial charge is 0.407 e. The van der Waals surface area contributed by atoms with Crippen LogP contribution in [0.3, 0.4) is 0 Å². The van der Waals surface area contributed by atoms with Crippen LogP contribution in [0.5, 0.6) is 0 Å². The number of rotatable bonds is 7. The van der Waals surface area contributed by atoms with Crippen LogP contribution in [0.4, 0.5) is 4.79 Å². The van der Waals surface area contributed by atoms with Crippen LogP contribution in [0.2, 0.25) is 0 Å². The first-order chi connectivity index (χ1) is 15.4. The van der Waals surface area contributed by atoms with Gasteiger partial charge in [0.2, 0.25) is 5.91 Å². The number of amides is 2. The van der Waals surface area contributed by atoms with Gasteiger partial charge < -0.3 is 20.5 Å². The molecule has 0 saturated heterocycles. The zero-order valence-electron chi connectivity index (χ0n) is 17.3. The van der Waals surface area contributed by atoms with Gasteiger partial charge in [-0.3, -0.25) is 4.79 Å². The Morgan fingerprint density at radius 2 is 1.66 bits per heavy atom. The molecule has 0 saturated carbocycles. The molecule has 32 heavy (non-hydrogen) atoms. The van der Waals surface area contributed by atoms with Gasteiger partial charge in [0.1, 0.15) is 18.2 Å². The van der Waals surface area contributed by atoms with E-state index in [0.29, 0.717) is 9.88 Å². The number of carboxylic acids is 1. The molecule has 1 aromatic heterocycles. The Morgan fingerprint density at radius 1 is 1.03 bits per heavy atom. The maximum atomic E-state index is 12.1. The van der Waals surface area contributed by atoms with Crippen molar-refractivity contribution in [2.75, 3.05) is 13.2 Å². The van der Waals surface area contributed by atoms with Crippen molar-refractivity contribution < 1.29 is 24.2 Å². The van der Waals surface area contributed by atoms with Gasteiger partial charge in [-0.25, -0.2) is 14.6 Å². The summed E-state index contributed by atoms with van der Waals surface area (Å²) in [5, 5.41) is 14.6. The van der Waals surface area contributed by atoms with Crippen LogP contribution in [0, 0.1) is 6.92 Å². The molecular formula is C23H21N3O5S. The molecule has 0 unspecified atom stereocenters. The highest BCUT2D eigenvalue weighted by atomic mass is 32.1. The molecule has 0 fully saturated rings. The first kappa shape index (κ1) is 21.5. The van der Waals surface area contributed by atoms with Crippen molar-refractivity contribution in [1.29, 1.82) is 0 Å². The van der Waals surface area contributed by atoms with E-state index in [0.717, 1.165) is 22.3 Å². The number of alkyl carbamates (subject to hydrolysis) is 1. The molecule has 164 valence electrons. The minimum Gasteiger partial charge on any atom is -0.476 e. The number of nitrogens with one attached hydrogen (secondary N) is 2. The molecule has 3 aromatic rings. The zero-order chi connectivity index (χ0) is 22.7. The number of fused-ring (bicyclic) bond motifs is 3. The number of aryl methyl sites for hydroxylation is 1. The van der Waals surface area contributed by atoms with Crippen LogP contribution in [0.15, 0.2) is 48.5 Å². The number of hydrogen-bond acceptors (Lipinski definition) is 6. The summed E-state index contributed by atoms with van der Waals surface area (Å²) >= 11 is 1.20. The summed E-state index contributed by atoms with van der Waals surface area (Å²) in [6.07, 6.45) is -0.680. The maximum absolute atomic E-state index is 12.1. The number of nitrogens with zero attached hydrogens (tertiary/aromatic N) is 1. The lowest BCUT2D eigenvalue weighted by Gasteiger charge is -2.14. The Hall–Kier alpha value is -3.72. The number of carbonyl (C=O) groups excluding carboxylic acids is 2. The summed E-state index contributed by atoms with van der Waals surface area (Å²) < 4.78 is 5.39. The second-order valence-electron chi connectivity index (χ2n) is 7.27. The molecule has 2 aromatic carbocycles. The maximum Gasteiger partial charge on any atom is 0.407 e. The molecule has 4 rings (SSSR count). The number of aromatic nitrogens is 1. The van der Waals surface area contributed by atoms with Gasteiger partial charge in [-0.1, -0.05) is 48.5 Å². The van der Waals surface area contributed by atoms with E-state index in [4.69, 9.17) is 9.84 Å². The van der Waals surface area contributed by atoms with E-state index in [1.807, 2.05) is 36.4 Å². The number of benzene rings is 2. The van der Waals surface area contributed by atoms with E-state index in [1.54, 1.807) is 6.92 Å². The quantitative estimate of drug-likeness (QED) is 0.507. The molecule has 1 aliphatic carbocycles. The number of carbonyl (C=O) groups is 3. The molecule has 0 bridgehead atoms. The van der Waals surface area contributed by atoms with Crippen molar-refractivity contribution in [1.82, 2.24) is 15.6 Å². The lowest BCUT2D eigenvalue weighted by molar-refractivity contribution is -0.120. The van der Waals surface area contributed by atoms with Crippen molar-refractivity contribution in [3.05, 3.63) is 75.2 Å². The largest absolute Gasteiger partial charge is 0.476 e. The Balaban J connectivity index is 1.26. The Bertz CT molecular complexity index is 1140. The van der Waals surface area contributed by atoms with Crippen molar-refractivity contribution in [3.63, 3.8) is 0 Å². The van der Waals surface area contributed by atoms with Gasteiger partial charge in [-0.05, 0) is 29.2 Å². The fourth-order valence-corrected chi connectivity index (χ4v) is 4.63. The molecule has 1 heterocycles. The summed E-state index contributed by atoms with van der Waals surface area (Å²) in [5.41, 5.74) is 4.48. The van der Waals surface area contributed by atoms with Crippen LogP contribution >= 0.6 is 11.3 Å². The minimum atomic E-state index is -1.10. The van der Waals surface area contributed by atoms with Gasteiger partial charge in [-0.15, -0.1) is 11.3 Å². The van der Waals surface area contributed by atoms with Gasteiger partial charge in [0.15, 0.2) is 5.69 Å². The third kappa shape index (κ3) is 4.47. The molecule has 8 nitrogen and oxygen atoms in total. The normalized spacial score (nSPS) is 12.0. The number of thiazole rings is 1. The third-order valence-electron chi connectivity index (χ3n) is 5.22. The fourth-order valence-electron chi connectivity index (χ4n) is 3.76. The topological polar surface area (TPSA) is 118 Å². The van der Waals surface area contributed by atoms with Gasteiger partial charge in [-0.2, -0.15) is 0 Å². The summed E-state index contributed by atoms with van der Waals surface area (Å²) in [7, 11) is 0. The van der Waals surface area contributed by atoms with E-state index in [1.165, 1.54) is 11.3 Å². The second-order valence-corrected chi connectivity index (χ2v) is 8.56. The molecule has 0 aliphatic heterocycles. The molecule has 0 radical (unpaired) electrons. The molecular weight excluding hydrogens is 430 g/mol. The highest BCUT2D eigenvalue weighted by Crippen LogP contribution is 2.44. The van der Waals surface area contributed by atoms with Gasteiger partial charge >= 0.3 is 12.1 Å². The number of ether oxygens (including phenoxy) is 1.